The van der Waals surface area contributed by atoms with E-state index in [4.69, 9.17) is 4.74 Å². The van der Waals surface area contributed by atoms with Crippen LogP contribution < -0.4 is 5.32 Å². The van der Waals surface area contributed by atoms with Gasteiger partial charge in [0.05, 0.1) is 18.7 Å². The van der Waals surface area contributed by atoms with E-state index in [1.807, 2.05) is 18.2 Å². The SMILES string of the molecule is CCNc1cccc(CN2CC(C)C(C(=O)OC)C2)n1. The zero-order chi connectivity index (χ0) is 14.5. The Morgan fingerprint density at radius 2 is 2.30 bits per heavy atom. The first-order valence-electron chi connectivity index (χ1n) is 7.14. The molecule has 1 aromatic rings. The third-order valence-electron chi connectivity index (χ3n) is 3.74. The van der Waals surface area contributed by atoms with Crippen LogP contribution in [0.25, 0.3) is 0 Å². The number of hydrogen-bond donors (Lipinski definition) is 1. The minimum Gasteiger partial charge on any atom is -0.469 e. The van der Waals surface area contributed by atoms with Gasteiger partial charge < -0.3 is 10.1 Å². The van der Waals surface area contributed by atoms with Crippen LogP contribution in [0.4, 0.5) is 5.82 Å². The van der Waals surface area contributed by atoms with Crippen LogP contribution in [0.5, 0.6) is 0 Å². The van der Waals surface area contributed by atoms with Crippen molar-refractivity contribution in [3.8, 4) is 0 Å². The van der Waals surface area contributed by atoms with Crippen molar-refractivity contribution >= 4 is 11.8 Å². The van der Waals surface area contributed by atoms with E-state index in [0.717, 1.165) is 37.7 Å². The Bertz CT molecular complexity index is 464. The second-order valence-electron chi connectivity index (χ2n) is 5.35. The maximum Gasteiger partial charge on any atom is 0.310 e. The smallest absolute Gasteiger partial charge is 0.310 e. The molecule has 0 aliphatic carbocycles. The van der Waals surface area contributed by atoms with Crippen LogP contribution in [0.3, 0.4) is 0 Å². The van der Waals surface area contributed by atoms with E-state index in [1.165, 1.54) is 7.11 Å². The molecule has 0 radical (unpaired) electrons. The molecule has 20 heavy (non-hydrogen) atoms. The molecule has 1 aromatic heterocycles. The summed E-state index contributed by atoms with van der Waals surface area (Å²) in [6.07, 6.45) is 0. The summed E-state index contributed by atoms with van der Waals surface area (Å²) in [6.45, 7) is 7.45. The Kier molecular flexibility index (Phi) is 4.95. The lowest BCUT2D eigenvalue weighted by molar-refractivity contribution is -0.146. The Morgan fingerprint density at radius 3 is 3.00 bits per heavy atom. The summed E-state index contributed by atoms with van der Waals surface area (Å²) in [6, 6.07) is 6.01. The Balaban J connectivity index is 1.97. The lowest BCUT2D eigenvalue weighted by Gasteiger charge is -2.15. The van der Waals surface area contributed by atoms with Crippen molar-refractivity contribution in [3.63, 3.8) is 0 Å². The van der Waals surface area contributed by atoms with Gasteiger partial charge in [-0.3, -0.25) is 9.69 Å². The number of nitrogens with one attached hydrogen (secondary N) is 1. The largest absolute Gasteiger partial charge is 0.469 e. The normalized spacial score (nSPS) is 22.8. The highest BCUT2D eigenvalue weighted by Gasteiger charge is 2.35. The predicted octanol–water partition coefficient (Wildman–Crippen LogP) is 1.75. The van der Waals surface area contributed by atoms with Gasteiger partial charge >= 0.3 is 5.97 Å². The van der Waals surface area contributed by atoms with E-state index < -0.39 is 0 Å². The number of ether oxygens (including phenoxy) is 1. The molecule has 1 aliphatic heterocycles. The van der Waals surface area contributed by atoms with Crippen LogP contribution in [0.15, 0.2) is 18.2 Å². The molecule has 2 atom stereocenters. The molecule has 1 fully saturated rings. The third-order valence-corrected chi connectivity index (χ3v) is 3.74. The first kappa shape index (κ1) is 14.8. The van der Waals surface area contributed by atoms with Gasteiger partial charge in [0.25, 0.3) is 0 Å². The van der Waals surface area contributed by atoms with Crippen LogP contribution in [0.1, 0.15) is 19.5 Å². The van der Waals surface area contributed by atoms with E-state index in [2.05, 4.69) is 29.0 Å². The van der Waals surface area contributed by atoms with Crippen molar-refractivity contribution < 1.29 is 9.53 Å². The number of anilines is 1. The highest BCUT2D eigenvalue weighted by molar-refractivity contribution is 5.73. The van der Waals surface area contributed by atoms with Crippen molar-refractivity contribution in [2.24, 2.45) is 11.8 Å². The van der Waals surface area contributed by atoms with Gasteiger partial charge in [0.1, 0.15) is 5.82 Å². The van der Waals surface area contributed by atoms with Crippen LogP contribution in [-0.4, -0.2) is 42.6 Å². The molecule has 0 aromatic carbocycles. The fraction of sp³-hybridized carbons (Fsp3) is 0.600. The molecule has 1 saturated heterocycles. The number of methoxy groups -OCH3 is 1. The van der Waals surface area contributed by atoms with Crippen molar-refractivity contribution in [1.29, 1.82) is 0 Å². The molecule has 0 spiro atoms. The Hall–Kier alpha value is -1.62. The summed E-state index contributed by atoms with van der Waals surface area (Å²) in [5.41, 5.74) is 1.03. The van der Waals surface area contributed by atoms with Gasteiger partial charge in [-0.15, -0.1) is 0 Å². The van der Waals surface area contributed by atoms with Crippen LogP contribution in [0, 0.1) is 11.8 Å². The zero-order valence-electron chi connectivity index (χ0n) is 12.4. The number of aromatic nitrogens is 1. The summed E-state index contributed by atoms with van der Waals surface area (Å²) < 4.78 is 4.86. The number of carbonyl (C=O) groups is 1. The maximum atomic E-state index is 11.7. The molecule has 2 unspecified atom stereocenters. The highest BCUT2D eigenvalue weighted by atomic mass is 16.5. The summed E-state index contributed by atoms with van der Waals surface area (Å²) in [5, 5.41) is 3.21. The first-order chi connectivity index (χ1) is 9.63. The topological polar surface area (TPSA) is 54.5 Å². The molecule has 5 heteroatoms. The second kappa shape index (κ2) is 6.70. The van der Waals surface area contributed by atoms with Crippen LogP contribution in [-0.2, 0) is 16.1 Å². The summed E-state index contributed by atoms with van der Waals surface area (Å²) in [7, 11) is 1.46. The molecule has 2 rings (SSSR count). The van der Waals surface area contributed by atoms with Gasteiger partial charge in [0.15, 0.2) is 0 Å². The van der Waals surface area contributed by atoms with Gasteiger partial charge in [0, 0.05) is 26.2 Å². The lowest BCUT2D eigenvalue weighted by Crippen LogP contribution is -2.24. The molecule has 2 heterocycles. The minimum atomic E-state index is -0.102. The molecule has 0 bridgehead atoms. The van der Waals surface area contributed by atoms with E-state index in [0.29, 0.717) is 5.92 Å². The van der Waals surface area contributed by atoms with Gasteiger partial charge in [-0.2, -0.15) is 0 Å². The third kappa shape index (κ3) is 3.48. The maximum absolute atomic E-state index is 11.7. The molecule has 110 valence electrons. The first-order valence-corrected chi connectivity index (χ1v) is 7.14. The standard InChI is InChI=1S/C15H23N3O2/c1-4-16-14-7-5-6-12(17-14)9-18-8-11(2)13(10-18)15(19)20-3/h5-7,11,13H,4,8-10H2,1-3H3,(H,16,17). The molecule has 0 amide bonds. The molecular formula is C15H23N3O2. The lowest BCUT2D eigenvalue weighted by atomic mass is 9.99. The van der Waals surface area contributed by atoms with Gasteiger partial charge in [-0.05, 0) is 25.0 Å². The Morgan fingerprint density at radius 1 is 1.50 bits per heavy atom. The van der Waals surface area contributed by atoms with Crippen LogP contribution >= 0.6 is 0 Å². The molecular weight excluding hydrogens is 254 g/mol. The van der Waals surface area contributed by atoms with E-state index in [9.17, 15) is 4.79 Å². The molecule has 1 aliphatic rings. The number of hydrogen-bond acceptors (Lipinski definition) is 5. The van der Waals surface area contributed by atoms with Gasteiger partial charge in [-0.25, -0.2) is 4.98 Å². The number of pyridine rings is 1. The van der Waals surface area contributed by atoms with Gasteiger partial charge in [0.2, 0.25) is 0 Å². The quantitative estimate of drug-likeness (QED) is 0.831. The molecule has 1 N–H and O–H groups in total. The number of rotatable bonds is 5. The fourth-order valence-electron chi connectivity index (χ4n) is 2.73. The van der Waals surface area contributed by atoms with Gasteiger partial charge in [-0.1, -0.05) is 13.0 Å². The highest BCUT2D eigenvalue weighted by Crippen LogP contribution is 2.25. The summed E-state index contributed by atoms with van der Waals surface area (Å²) >= 11 is 0. The number of esters is 1. The number of likely N-dealkylation sites (tertiary alicyclic amines) is 1. The van der Waals surface area contributed by atoms with Crippen molar-refractivity contribution in [1.82, 2.24) is 9.88 Å². The Labute approximate surface area is 120 Å². The molecule has 0 saturated carbocycles. The van der Waals surface area contributed by atoms with Crippen molar-refractivity contribution in [2.45, 2.75) is 20.4 Å². The van der Waals surface area contributed by atoms with Crippen molar-refractivity contribution in [2.75, 3.05) is 32.1 Å². The summed E-state index contributed by atoms with van der Waals surface area (Å²) in [5.74, 6) is 1.12. The summed E-state index contributed by atoms with van der Waals surface area (Å²) in [4.78, 5) is 18.5. The van der Waals surface area contributed by atoms with Crippen molar-refractivity contribution in [3.05, 3.63) is 23.9 Å². The average Bonchev–Trinajstić information content (AvgIpc) is 2.79. The zero-order valence-corrected chi connectivity index (χ0v) is 12.4. The van der Waals surface area contributed by atoms with E-state index in [-0.39, 0.29) is 11.9 Å². The van der Waals surface area contributed by atoms with E-state index >= 15 is 0 Å². The average molecular weight is 277 g/mol. The monoisotopic (exact) mass is 277 g/mol. The van der Waals surface area contributed by atoms with E-state index in [1.54, 1.807) is 0 Å². The predicted molar refractivity (Wildman–Crippen MR) is 78.3 cm³/mol. The number of carbonyl (C=O) groups excluding carboxylic acids is 1. The fourth-order valence-corrected chi connectivity index (χ4v) is 2.73. The number of nitrogens with zero attached hydrogens (tertiary/aromatic N) is 2. The van der Waals surface area contributed by atoms with Crippen LogP contribution in [0.2, 0.25) is 0 Å². The second-order valence-corrected chi connectivity index (χ2v) is 5.35. The minimum absolute atomic E-state index is 0.0167. The molecule has 5 nitrogen and oxygen atoms in total.